The fourth-order valence-electron chi connectivity index (χ4n) is 1.89. The molecular weight excluding hydrogens is 242 g/mol. The number of hydrogen-bond acceptors (Lipinski definition) is 2. The minimum Gasteiger partial charge on any atom is -0.345 e. The Hall–Kier alpha value is -1.98. The van der Waals surface area contributed by atoms with Crippen LogP contribution < -0.4 is 5.32 Å². The molecule has 96 valence electrons. The standard InChI is InChI=1S/C12H12F2N2O2/c1-16-6-5-7(12(16)18)11(17)15-9-4-2-3-8(13)10(9)14/h2-4,7H,5-6H2,1H3,(H,15,17). The van der Waals surface area contributed by atoms with Gasteiger partial charge in [0.1, 0.15) is 5.92 Å². The van der Waals surface area contributed by atoms with Crippen LogP contribution in [0, 0.1) is 17.6 Å². The SMILES string of the molecule is CN1CCC(C(=O)Nc2cccc(F)c2F)C1=O. The Morgan fingerprint density at radius 2 is 2.17 bits per heavy atom. The normalized spacial score (nSPS) is 19.2. The maximum absolute atomic E-state index is 13.3. The molecule has 1 N–H and O–H groups in total. The molecule has 0 spiro atoms. The summed E-state index contributed by atoms with van der Waals surface area (Å²) in [4.78, 5) is 24.8. The second kappa shape index (κ2) is 4.72. The van der Waals surface area contributed by atoms with Crippen molar-refractivity contribution in [1.29, 1.82) is 0 Å². The summed E-state index contributed by atoms with van der Waals surface area (Å²) < 4.78 is 26.3. The first-order chi connectivity index (χ1) is 8.50. The minimum atomic E-state index is -1.12. The van der Waals surface area contributed by atoms with E-state index in [0.29, 0.717) is 13.0 Å². The monoisotopic (exact) mass is 254 g/mol. The van der Waals surface area contributed by atoms with E-state index in [0.717, 1.165) is 6.07 Å². The summed E-state index contributed by atoms with van der Waals surface area (Å²) in [5, 5.41) is 2.24. The molecule has 0 bridgehead atoms. The summed E-state index contributed by atoms with van der Waals surface area (Å²) in [6, 6.07) is 3.50. The van der Waals surface area contributed by atoms with Gasteiger partial charge < -0.3 is 10.2 Å². The Balaban J connectivity index is 2.12. The van der Waals surface area contributed by atoms with E-state index >= 15 is 0 Å². The second-order valence-corrected chi connectivity index (χ2v) is 4.19. The average molecular weight is 254 g/mol. The van der Waals surface area contributed by atoms with Gasteiger partial charge in [0.2, 0.25) is 11.8 Å². The number of halogens is 2. The molecule has 0 saturated carbocycles. The zero-order valence-electron chi connectivity index (χ0n) is 9.74. The van der Waals surface area contributed by atoms with Gasteiger partial charge in [-0.05, 0) is 18.6 Å². The van der Waals surface area contributed by atoms with Crippen LogP contribution in [0.25, 0.3) is 0 Å². The molecule has 1 fully saturated rings. The molecular formula is C12H12F2N2O2. The van der Waals surface area contributed by atoms with Crippen molar-refractivity contribution < 1.29 is 18.4 Å². The molecule has 1 unspecified atom stereocenters. The Labute approximate surface area is 103 Å². The number of rotatable bonds is 2. The molecule has 2 amide bonds. The van der Waals surface area contributed by atoms with Gasteiger partial charge in [-0.15, -0.1) is 0 Å². The molecule has 1 aromatic rings. The second-order valence-electron chi connectivity index (χ2n) is 4.19. The number of carbonyl (C=O) groups is 2. The maximum Gasteiger partial charge on any atom is 0.237 e. The molecule has 4 nitrogen and oxygen atoms in total. The molecule has 1 atom stereocenters. The first-order valence-corrected chi connectivity index (χ1v) is 5.50. The lowest BCUT2D eigenvalue weighted by Gasteiger charge is -2.11. The number of hydrogen-bond donors (Lipinski definition) is 1. The average Bonchev–Trinajstić information content (AvgIpc) is 2.66. The molecule has 1 saturated heterocycles. The van der Waals surface area contributed by atoms with Gasteiger partial charge in [0.05, 0.1) is 5.69 Å². The lowest BCUT2D eigenvalue weighted by Crippen LogP contribution is -2.31. The van der Waals surface area contributed by atoms with Gasteiger partial charge in [-0.25, -0.2) is 8.78 Å². The van der Waals surface area contributed by atoms with Gasteiger partial charge in [0.25, 0.3) is 0 Å². The Kier molecular flexibility index (Phi) is 3.27. The Morgan fingerprint density at radius 3 is 2.78 bits per heavy atom. The van der Waals surface area contributed by atoms with Crippen LogP contribution in [0.5, 0.6) is 0 Å². The number of benzene rings is 1. The quantitative estimate of drug-likeness (QED) is 0.811. The van der Waals surface area contributed by atoms with Gasteiger partial charge in [-0.1, -0.05) is 6.07 Å². The van der Waals surface area contributed by atoms with Crippen LogP contribution in [0.15, 0.2) is 18.2 Å². The zero-order chi connectivity index (χ0) is 13.3. The van der Waals surface area contributed by atoms with E-state index in [1.807, 2.05) is 0 Å². The summed E-state index contributed by atoms with van der Waals surface area (Å²) >= 11 is 0. The molecule has 0 aliphatic carbocycles. The third kappa shape index (κ3) is 2.18. The van der Waals surface area contributed by atoms with Crippen molar-refractivity contribution in [3.63, 3.8) is 0 Å². The predicted octanol–water partition coefficient (Wildman–Crippen LogP) is 1.38. The van der Waals surface area contributed by atoms with E-state index in [1.54, 1.807) is 7.05 Å². The smallest absolute Gasteiger partial charge is 0.237 e. The number of nitrogens with one attached hydrogen (secondary N) is 1. The Bertz CT molecular complexity index is 505. The van der Waals surface area contributed by atoms with Crippen LogP contribution in [-0.2, 0) is 9.59 Å². The van der Waals surface area contributed by atoms with Crippen molar-refractivity contribution in [2.24, 2.45) is 5.92 Å². The molecule has 1 aliphatic heterocycles. The van der Waals surface area contributed by atoms with Gasteiger partial charge in [-0.3, -0.25) is 9.59 Å². The summed E-state index contributed by atoms with van der Waals surface area (Å²) in [7, 11) is 1.60. The highest BCUT2D eigenvalue weighted by Crippen LogP contribution is 2.21. The summed E-state index contributed by atoms with van der Waals surface area (Å²) in [6.07, 6.45) is 0.387. The van der Waals surface area contributed by atoms with E-state index in [4.69, 9.17) is 0 Å². The third-order valence-electron chi connectivity index (χ3n) is 2.95. The number of nitrogens with zero attached hydrogens (tertiary/aromatic N) is 1. The molecule has 1 aromatic carbocycles. The largest absolute Gasteiger partial charge is 0.345 e. The van der Waals surface area contributed by atoms with E-state index in [9.17, 15) is 18.4 Å². The van der Waals surface area contributed by atoms with Gasteiger partial charge in [-0.2, -0.15) is 0 Å². The van der Waals surface area contributed by atoms with E-state index in [-0.39, 0.29) is 11.6 Å². The first-order valence-electron chi connectivity index (χ1n) is 5.50. The molecule has 2 rings (SSSR count). The summed E-state index contributed by atoms with van der Waals surface area (Å²) in [6.45, 7) is 0.489. The van der Waals surface area contributed by atoms with Gasteiger partial charge >= 0.3 is 0 Å². The van der Waals surface area contributed by atoms with Gasteiger partial charge in [0, 0.05) is 13.6 Å². The number of likely N-dealkylation sites (tertiary alicyclic amines) is 1. The van der Waals surface area contributed by atoms with Crippen molar-refractivity contribution in [2.75, 3.05) is 18.9 Å². The highest BCUT2D eigenvalue weighted by molar-refractivity contribution is 6.07. The maximum atomic E-state index is 13.3. The molecule has 18 heavy (non-hydrogen) atoms. The van der Waals surface area contributed by atoms with E-state index in [2.05, 4.69) is 5.32 Å². The van der Waals surface area contributed by atoms with Crippen molar-refractivity contribution in [3.8, 4) is 0 Å². The lowest BCUT2D eigenvalue weighted by molar-refractivity contribution is -0.134. The number of amides is 2. The van der Waals surface area contributed by atoms with E-state index < -0.39 is 23.5 Å². The van der Waals surface area contributed by atoms with E-state index in [1.165, 1.54) is 17.0 Å². The van der Waals surface area contributed by atoms with Crippen LogP contribution in [-0.4, -0.2) is 30.3 Å². The predicted molar refractivity (Wildman–Crippen MR) is 60.7 cm³/mol. The van der Waals surface area contributed by atoms with Crippen LogP contribution in [0.4, 0.5) is 14.5 Å². The van der Waals surface area contributed by atoms with Gasteiger partial charge in [0.15, 0.2) is 11.6 Å². The molecule has 0 aromatic heterocycles. The van der Waals surface area contributed by atoms with Crippen LogP contribution in [0.1, 0.15) is 6.42 Å². The highest BCUT2D eigenvalue weighted by atomic mass is 19.2. The number of anilines is 1. The van der Waals surface area contributed by atoms with Crippen LogP contribution >= 0.6 is 0 Å². The fourth-order valence-corrected chi connectivity index (χ4v) is 1.89. The lowest BCUT2D eigenvalue weighted by atomic mass is 10.1. The third-order valence-corrected chi connectivity index (χ3v) is 2.95. The fraction of sp³-hybridized carbons (Fsp3) is 0.333. The molecule has 1 heterocycles. The minimum absolute atomic E-state index is 0.248. The zero-order valence-corrected chi connectivity index (χ0v) is 9.74. The molecule has 6 heteroatoms. The van der Waals surface area contributed by atoms with Crippen molar-refractivity contribution in [1.82, 2.24) is 4.90 Å². The Morgan fingerprint density at radius 1 is 1.44 bits per heavy atom. The first kappa shape index (κ1) is 12.5. The summed E-state index contributed by atoms with van der Waals surface area (Å²) in [5.41, 5.74) is -0.248. The van der Waals surface area contributed by atoms with Crippen molar-refractivity contribution in [3.05, 3.63) is 29.8 Å². The van der Waals surface area contributed by atoms with Crippen LogP contribution in [0.3, 0.4) is 0 Å². The summed E-state index contributed by atoms with van der Waals surface area (Å²) in [5.74, 6) is -3.89. The van der Waals surface area contributed by atoms with Crippen LogP contribution in [0.2, 0.25) is 0 Å². The molecule has 0 radical (unpaired) electrons. The topological polar surface area (TPSA) is 49.4 Å². The molecule has 1 aliphatic rings. The van der Waals surface area contributed by atoms with Crippen molar-refractivity contribution >= 4 is 17.5 Å². The highest BCUT2D eigenvalue weighted by Gasteiger charge is 2.35. The number of carbonyl (C=O) groups excluding carboxylic acids is 2. The van der Waals surface area contributed by atoms with Crippen molar-refractivity contribution in [2.45, 2.75) is 6.42 Å².